The number of hydrogen-bond acceptors (Lipinski definition) is 4. The van der Waals surface area contributed by atoms with Gasteiger partial charge in [0.25, 0.3) is 10.0 Å². The highest BCUT2D eigenvalue weighted by atomic mass is 35.5. The number of sulfonamides is 1. The summed E-state index contributed by atoms with van der Waals surface area (Å²) in [6, 6.07) is 27.9. The molecule has 0 heterocycles. The lowest BCUT2D eigenvalue weighted by Crippen LogP contribution is -2.54. The van der Waals surface area contributed by atoms with Gasteiger partial charge in [0.1, 0.15) is 18.4 Å². The molecular weight excluding hydrogens is 601 g/mol. The number of carbonyl (C=O) groups excluding carboxylic acids is 2. The van der Waals surface area contributed by atoms with Crippen molar-refractivity contribution >= 4 is 39.1 Å². The number of carbonyl (C=O) groups is 2. The number of anilines is 1. The standard InChI is InChI=1S/C34H35ClFN3O4S/c1-3-25(2)37-34(41)32(22-26-12-6-4-7-13-26)38(23-27-18-20-28(35)21-19-27)33(40)24-39(31-17-11-10-16-30(31)36)44(42,43)29-14-8-5-9-15-29/h4-21,25,32H,3,22-24H2,1-2H3,(H,37,41)/t25-,32+/m1/s1. The summed E-state index contributed by atoms with van der Waals surface area (Å²) in [5, 5.41) is 3.49. The van der Waals surface area contributed by atoms with Gasteiger partial charge in [-0.15, -0.1) is 0 Å². The predicted molar refractivity (Wildman–Crippen MR) is 171 cm³/mol. The number of benzene rings is 4. The van der Waals surface area contributed by atoms with Gasteiger partial charge in [-0.2, -0.15) is 0 Å². The van der Waals surface area contributed by atoms with E-state index in [-0.39, 0.29) is 35.5 Å². The van der Waals surface area contributed by atoms with E-state index in [0.717, 1.165) is 15.9 Å². The van der Waals surface area contributed by atoms with Gasteiger partial charge in [-0.25, -0.2) is 12.8 Å². The van der Waals surface area contributed by atoms with E-state index in [1.807, 2.05) is 44.2 Å². The molecule has 0 bridgehead atoms. The molecule has 0 aliphatic heterocycles. The fourth-order valence-electron chi connectivity index (χ4n) is 4.67. The third-order valence-corrected chi connectivity index (χ3v) is 9.30. The van der Waals surface area contributed by atoms with Crippen LogP contribution in [0.2, 0.25) is 5.02 Å². The molecule has 10 heteroatoms. The molecular formula is C34H35ClFN3O4S. The third kappa shape index (κ3) is 8.24. The van der Waals surface area contributed by atoms with Crippen molar-refractivity contribution in [2.45, 2.75) is 50.2 Å². The van der Waals surface area contributed by atoms with Gasteiger partial charge in [-0.3, -0.25) is 13.9 Å². The summed E-state index contributed by atoms with van der Waals surface area (Å²) in [4.78, 5) is 29.4. The van der Waals surface area contributed by atoms with Gasteiger partial charge >= 0.3 is 0 Å². The Bertz CT molecular complexity index is 1660. The van der Waals surface area contributed by atoms with Crippen LogP contribution in [-0.4, -0.2) is 43.8 Å². The molecule has 7 nitrogen and oxygen atoms in total. The highest BCUT2D eigenvalue weighted by Crippen LogP contribution is 2.27. The number of amides is 2. The second-order valence-corrected chi connectivity index (χ2v) is 12.7. The molecule has 1 N–H and O–H groups in total. The fourth-order valence-corrected chi connectivity index (χ4v) is 6.24. The van der Waals surface area contributed by atoms with Gasteiger partial charge in [-0.1, -0.05) is 91.3 Å². The van der Waals surface area contributed by atoms with Crippen LogP contribution in [0.3, 0.4) is 0 Å². The van der Waals surface area contributed by atoms with Crippen molar-refractivity contribution < 1.29 is 22.4 Å². The zero-order valence-electron chi connectivity index (χ0n) is 24.6. The summed E-state index contributed by atoms with van der Waals surface area (Å²) in [5.41, 5.74) is 1.22. The first-order chi connectivity index (χ1) is 21.1. The predicted octanol–water partition coefficient (Wildman–Crippen LogP) is 6.23. The molecule has 4 aromatic rings. The Morgan fingerprint density at radius 3 is 2.05 bits per heavy atom. The van der Waals surface area contributed by atoms with E-state index in [1.54, 1.807) is 42.5 Å². The van der Waals surface area contributed by atoms with Gasteiger partial charge in [0.05, 0.1) is 10.6 Å². The first kappa shape index (κ1) is 32.7. The largest absolute Gasteiger partial charge is 0.352 e. The van der Waals surface area contributed by atoms with E-state index >= 15 is 4.39 Å². The maximum absolute atomic E-state index is 15.2. The van der Waals surface area contributed by atoms with Crippen molar-refractivity contribution in [1.82, 2.24) is 10.2 Å². The topological polar surface area (TPSA) is 86.8 Å². The molecule has 4 aromatic carbocycles. The Balaban J connectivity index is 1.81. The van der Waals surface area contributed by atoms with Crippen LogP contribution in [0, 0.1) is 5.82 Å². The Hall–Kier alpha value is -4.21. The van der Waals surface area contributed by atoms with Crippen molar-refractivity contribution in [2.24, 2.45) is 0 Å². The number of halogens is 2. The maximum atomic E-state index is 15.2. The maximum Gasteiger partial charge on any atom is 0.264 e. The Morgan fingerprint density at radius 2 is 1.43 bits per heavy atom. The summed E-state index contributed by atoms with van der Waals surface area (Å²) in [6.45, 7) is 3.05. The van der Waals surface area contributed by atoms with Gasteiger partial charge in [0, 0.05) is 24.0 Å². The minimum atomic E-state index is -4.38. The first-order valence-electron chi connectivity index (χ1n) is 14.3. The van der Waals surface area contributed by atoms with Crippen molar-refractivity contribution in [3.8, 4) is 0 Å². The van der Waals surface area contributed by atoms with Crippen molar-refractivity contribution in [1.29, 1.82) is 0 Å². The number of hydrogen-bond donors (Lipinski definition) is 1. The van der Waals surface area contributed by atoms with Crippen LogP contribution in [0.1, 0.15) is 31.4 Å². The van der Waals surface area contributed by atoms with Gasteiger partial charge in [0.2, 0.25) is 11.8 Å². The zero-order chi connectivity index (χ0) is 31.7. The molecule has 0 radical (unpaired) electrons. The van der Waals surface area contributed by atoms with Crippen LogP contribution in [-0.2, 0) is 32.6 Å². The van der Waals surface area contributed by atoms with E-state index in [4.69, 9.17) is 11.6 Å². The molecule has 2 amide bonds. The lowest BCUT2D eigenvalue weighted by Gasteiger charge is -2.34. The first-order valence-corrected chi connectivity index (χ1v) is 16.1. The fraction of sp³-hybridized carbons (Fsp3) is 0.235. The highest BCUT2D eigenvalue weighted by Gasteiger charge is 2.35. The zero-order valence-corrected chi connectivity index (χ0v) is 26.1. The monoisotopic (exact) mass is 635 g/mol. The highest BCUT2D eigenvalue weighted by molar-refractivity contribution is 7.92. The molecule has 0 spiro atoms. The number of nitrogens with one attached hydrogen (secondary N) is 1. The normalized spacial score (nSPS) is 12.6. The quantitative estimate of drug-likeness (QED) is 0.189. The van der Waals surface area contributed by atoms with Gasteiger partial charge in [-0.05, 0) is 60.9 Å². The lowest BCUT2D eigenvalue weighted by atomic mass is 10.0. The van der Waals surface area contributed by atoms with Gasteiger partial charge in [0.15, 0.2) is 0 Å². The number of rotatable bonds is 13. The average molecular weight is 636 g/mol. The molecule has 0 aliphatic carbocycles. The molecule has 0 aromatic heterocycles. The Kier molecular flexibility index (Phi) is 11.1. The summed E-state index contributed by atoms with van der Waals surface area (Å²) in [5.74, 6) is -1.86. The molecule has 44 heavy (non-hydrogen) atoms. The minimum absolute atomic E-state index is 0.0159. The van der Waals surface area contributed by atoms with E-state index in [2.05, 4.69) is 5.32 Å². The second-order valence-electron chi connectivity index (χ2n) is 10.4. The lowest BCUT2D eigenvalue weighted by molar-refractivity contribution is -0.140. The van der Waals surface area contributed by atoms with Crippen molar-refractivity contribution in [2.75, 3.05) is 10.8 Å². The van der Waals surface area contributed by atoms with E-state index in [1.165, 1.54) is 35.2 Å². The number of para-hydroxylation sites is 1. The van der Waals surface area contributed by atoms with Crippen LogP contribution >= 0.6 is 11.6 Å². The van der Waals surface area contributed by atoms with Gasteiger partial charge < -0.3 is 10.2 Å². The molecule has 0 saturated carbocycles. The molecule has 2 atom stereocenters. The van der Waals surface area contributed by atoms with E-state index < -0.39 is 34.3 Å². The van der Waals surface area contributed by atoms with Crippen LogP contribution in [0.5, 0.6) is 0 Å². The molecule has 0 aliphatic rings. The molecule has 0 saturated heterocycles. The molecule has 230 valence electrons. The Morgan fingerprint density at radius 1 is 0.841 bits per heavy atom. The minimum Gasteiger partial charge on any atom is -0.352 e. The summed E-state index contributed by atoms with van der Waals surface area (Å²) in [7, 11) is -4.38. The van der Waals surface area contributed by atoms with Crippen LogP contribution < -0.4 is 9.62 Å². The summed E-state index contributed by atoms with van der Waals surface area (Å²) < 4.78 is 43.8. The summed E-state index contributed by atoms with van der Waals surface area (Å²) in [6.07, 6.45) is 0.846. The Labute approximate surface area is 263 Å². The third-order valence-electron chi connectivity index (χ3n) is 7.27. The van der Waals surface area contributed by atoms with Crippen molar-refractivity contribution in [3.63, 3.8) is 0 Å². The van der Waals surface area contributed by atoms with Crippen molar-refractivity contribution in [3.05, 3.63) is 131 Å². The van der Waals surface area contributed by atoms with Crippen LogP contribution in [0.25, 0.3) is 0 Å². The summed E-state index contributed by atoms with van der Waals surface area (Å²) >= 11 is 6.11. The van der Waals surface area contributed by atoms with Crippen LogP contribution in [0.4, 0.5) is 10.1 Å². The van der Waals surface area contributed by atoms with Crippen LogP contribution in [0.15, 0.2) is 114 Å². The molecule has 4 rings (SSSR count). The van der Waals surface area contributed by atoms with E-state index in [9.17, 15) is 18.0 Å². The number of nitrogens with zero attached hydrogens (tertiary/aromatic N) is 2. The molecule has 0 fully saturated rings. The molecule has 0 unspecified atom stereocenters. The second kappa shape index (κ2) is 15.0. The SMILES string of the molecule is CC[C@@H](C)NC(=O)[C@H](Cc1ccccc1)N(Cc1ccc(Cl)cc1)C(=O)CN(c1ccccc1F)S(=O)(=O)c1ccccc1. The van der Waals surface area contributed by atoms with E-state index in [0.29, 0.717) is 17.0 Å². The smallest absolute Gasteiger partial charge is 0.264 e. The average Bonchev–Trinajstić information content (AvgIpc) is 3.03.